The first-order valence-corrected chi connectivity index (χ1v) is 12.5. The van der Waals surface area contributed by atoms with E-state index in [1.54, 1.807) is 0 Å². The highest BCUT2D eigenvalue weighted by atomic mass is 35.5. The van der Waals surface area contributed by atoms with Crippen molar-refractivity contribution in [1.82, 2.24) is 4.90 Å². The Morgan fingerprint density at radius 1 is 0.909 bits per heavy atom. The van der Waals surface area contributed by atoms with E-state index >= 15 is 0 Å². The topological polar surface area (TPSA) is 32.5 Å². The Labute approximate surface area is 211 Å². The van der Waals surface area contributed by atoms with Gasteiger partial charge in [0.05, 0.1) is 17.4 Å². The number of anilines is 2. The van der Waals surface area contributed by atoms with Gasteiger partial charge in [-0.25, -0.2) is 0 Å². The standard InChI is InChI=1S/C27H28Cl3N3/c1-18-14-20(4-8-23(18)30)27(10-11-27)17-32-12-13-33(25-9-7-22(29)15-24(25)31)26(16-32)19-2-5-21(28)6-3-19/h2-9,14-15,26H,10-13,16-17,31H2,1H3/t26-/m0/s1. The summed E-state index contributed by atoms with van der Waals surface area (Å²) in [6.07, 6.45) is 2.45. The van der Waals surface area contributed by atoms with Crippen LogP contribution < -0.4 is 10.6 Å². The molecule has 0 bridgehead atoms. The molecule has 3 aromatic rings. The summed E-state index contributed by atoms with van der Waals surface area (Å²) in [5.41, 5.74) is 12.2. The van der Waals surface area contributed by atoms with Crippen molar-refractivity contribution in [2.24, 2.45) is 0 Å². The van der Waals surface area contributed by atoms with E-state index in [0.29, 0.717) is 10.7 Å². The molecule has 1 saturated carbocycles. The fourth-order valence-electron chi connectivity index (χ4n) is 5.12. The lowest BCUT2D eigenvalue weighted by Crippen LogP contribution is -2.50. The van der Waals surface area contributed by atoms with Gasteiger partial charge in [-0.05, 0) is 72.9 Å². The summed E-state index contributed by atoms with van der Waals surface area (Å²) < 4.78 is 0. The van der Waals surface area contributed by atoms with Crippen molar-refractivity contribution < 1.29 is 0 Å². The minimum Gasteiger partial charge on any atom is -0.397 e. The zero-order valence-corrected chi connectivity index (χ0v) is 21.0. The van der Waals surface area contributed by atoms with Crippen LogP contribution in [0.5, 0.6) is 0 Å². The smallest absolute Gasteiger partial charge is 0.0670 e. The number of nitrogen functional groups attached to an aromatic ring is 1. The van der Waals surface area contributed by atoms with Crippen LogP contribution in [0.25, 0.3) is 0 Å². The first-order valence-electron chi connectivity index (χ1n) is 11.4. The van der Waals surface area contributed by atoms with Crippen molar-refractivity contribution in [3.05, 3.63) is 92.4 Å². The average molecular weight is 501 g/mol. The molecule has 2 fully saturated rings. The van der Waals surface area contributed by atoms with Crippen LogP contribution in [0.2, 0.25) is 15.1 Å². The van der Waals surface area contributed by atoms with Crippen molar-refractivity contribution in [2.75, 3.05) is 36.8 Å². The molecular formula is C27H28Cl3N3. The predicted octanol–water partition coefficient (Wildman–Crippen LogP) is 7.13. The minimum absolute atomic E-state index is 0.183. The quantitative estimate of drug-likeness (QED) is 0.378. The Balaban J connectivity index is 1.42. The molecule has 5 rings (SSSR count). The number of nitrogens with zero attached hydrogens (tertiary/aromatic N) is 2. The third-order valence-corrected chi connectivity index (χ3v) is 8.08. The van der Waals surface area contributed by atoms with Gasteiger partial charge in [-0.1, -0.05) is 59.1 Å². The number of piperazine rings is 1. The predicted molar refractivity (Wildman–Crippen MR) is 141 cm³/mol. The zero-order chi connectivity index (χ0) is 23.2. The third kappa shape index (κ3) is 4.70. The van der Waals surface area contributed by atoms with E-state index < -0.39 is 0 Å². The Morgan fingerprint density at radius 3 is 2.30 bits per heavy atom. The lowest BCUT2D eigenvalue weighted by Gasteiger charge is -2.44. The second kappa shape index (κ2) is 9.03. The van der Waals surface area contributed by atoms with Crippen LogP contribution in [0.15, 0.2) is 60.7 Å². The largest absolute Gasteiger partial charge is 0.397 e. The molecule has 1 saturated heterocycles. The second-order valence-electron chi connectivity index (χ2n) is 9.44. The molecule has 0 amide bonds. The van der Waals surface area contributed by atoms with Crippen molar-refractivity contribution in [2.45, 2.75) is 31.2 Å². The summed E-state index contributed by atoms with van der Waals surface area (Å²) in [5.74, 6) is 0. The SMILES string of the molecule is Cc1cc(C2(CN3CCN(c4ccc(Cl)cc4N)[C@H](c4ccc(Cl)cc4)C3)CC2)ccc1Cl. The molecule has 3 aromatic carbocycles. The Bertz CT molecular complexity index is 1160. The van der Waals surface area contributed by atoms with Gasteiger partial charge in [-0.3, -0.25) is 4.90 Å². The molecule has 0 aromatic heterocycles. The van der Waals surface area contributed by atoms with E-state index in [1.165, 1.54) is 24.0 Å². The van der Waals surface area contributed by atoms with Crippen molar-refractivity contribution >= 4 is 46.2 Å². The average Bonchev–Trinajstić information content (AvgIpc) is 3.57. The van der Waals surface area contributed by atoms with Crippen LogP contribution in [0.1, 0.15) is 35.6 Å². The maximum absolute atomic E-state index is 6.39. The first-order chi connectivity index (χ1) is 15.8. The molecule has 2 aliphatic rings. The normalized spacial score (nSPS) is 20.1. The van der Waals surface area contributed by atoms with E-state index in [0.717, 1.165) is 47.5 Å². The molecule has 1 atom stereocenters. The number of hydrogen-bond donors (Lipinski definition) is 1. The summed E-state index contributed by atoms with van der Waals surface area (Å²) in [7, 11) is 0. The molecule has 1 aliphatic carbocycles. The van der Waals surface area contributed by atoms with E-state index in [2.05, 4.69) is 41.0 Å². The summed E-state index contributed by atoms with van der Waals surface area (Å²) in [6.45, 7) is 5.96. The molecule has 0 unspecified atom stereocenters. The van der Waals surface area contributed by atoms with Crippen molar-refractivity contribution in [3.63, 3.8) is 0 Å². The third-order valence-electron chi connectivity index (χ3n) is 7.17. The number of benzene rings is 3. The van der Waals surface area contributed by atoms with Crippen molar-refractivity contribution in [3.8, 4) is 0 Å². The van der Waals surface area contributed by atoms with Crippen LogP contribution in [-0.2, 0) is 5.41 Å². The molecule has 3 nitrogen and oxygen atoms in total. The first kappa shape index (κ1) is 22.9. The highest BCUT2D eigenvalue weighted by molar-refractivity contribution is 6.31. The maximum atomic E-state index is 6.39. The van der Waals surface area contributed by atoms with Crippen LogP contribution in [0.3, 0.4) is 0 Å². The number of nitrogens with two attached hydrogens (primary N) is 1. The number of hydrogen-bond acceptors (Lipinski definition) is 3. The monoisotopic (exact) mass is 499 g/mol. The summed E-state index contributed by atoms with van der Waals surface area (Å²) in [4.78, 5) is 5.02. The number of rotatable bonds is 5. The fraction of sp³-hybridized carbons (Fsp3) is 0.333. The molecule has 1 heterocycles. The van der Waals surface area contributed by atoms with Gasteiger partial charge in [0.25, 0.3) is 0 Å². The van der Waals surface area contributed by atoms with Crippen LogP contribution in [0.4, 0.5) is 11.4 Å². The van der Waals surface area contributed by atoms with Crippen LogP contribution in [-0.4, -0.2) is 31.1 Å². The lowest BCUT2D eigenvalue weighted by atomic mass is 9.92. The number of halogens is 3. The molecule has 2 N–H and O–H groups in total. The molecule has 0 spiro atoms. The van der Waals surface area contributed by atoms with Gasteiger partial charge in [0.15, 0.2) is 0 Å². The zero-order valence-electron chi connectivity index (χ0n) is 18.7. The molecule has 0 radical (unpaired) electrons. The van der Waals surface area contributed by atoms with E-state index in [-0.39, 0.29) is 11.5 Å². The number of aryl methyl sites for hydroxylation is 1. The Hall–Kier alpha value is -1.91. The van der Waals surface area contributed by atoms with Crippen LogP contribution in [0, 0.1) is 6.92 Å². The van der Waals surface area contributed by atoms with E-state index in [1.807, 2.05) is 36.4 Å². The molecule has 1 aliphatic heterocycles. The summed E-state index contributed by atoms with van der Waals surface area (Å²) >= 11 is 18.7. The van der Waals surface area contributed by atoms with Gasteiger partial charge < -0.3 is 10.6 Å². The van der Waals surface area contributed by atoms with E-state index in [4.69, 9.17) is 40.5 Å². The van der Waals surface area contributed by atoms with E-state index in [9.17, 15) is 0 Å². The fourth-order valence-corrected chi connectivity index (χ4v) is 5.54. The molecule has 172 valence electrons. The second-order valence-corrected chi connectivity index (χ2v) is 10.7. The highest BCUT2D eigenvalue weighted by Gasteiger charge is 2.46. The van der Waals surface area contributed by atoms with Gasteiger partial charge in [-0.15, -0.1) is 0 Å². The van der Waals surface area contributed by atoms with Gasteiger partial charge in [0, 0.05) is 46.7 Å². The van der Waals surface area contributed by atoms with Gasteiger partial charge in [0.2, 0.25) is 0 Å². The van der Waals surface area contributed by atoms with Gasteiger partial charge in [-0.2, -0.15) is 0 Å². The minimum atomic E-state index is 0.183. The van der Waals surface area contributed by atoms with Gasteiger partial charge in [0.1, 0.15) is 0 Å². The summed E-state index contributed by atoms with van der Waals surface area (Å²) in [6, 6.07) is 20.7. The molecular weight excluding hydrogens is 473 g/mol. The highest BCUT2D eigenvalue weighted by Crippen LogP contribution is 2.50. The Morgan fingerprint density at radius 2 is 1.64 bits per heavy atom. The van der Waals surface area contributed by atoms with Crippen molar-refractivity contribution in [1.29, 1.82) is 0 Å². The molecule has 33 heavy (non-hydrogen) atoms. The Kier molecular flexibility index (Phi) is 6.26. The van der Waals surface area contributed by atoms with Crippen LogP contribution >= 0.6 is 34.8 Å². The maximum Gasteiger partial charge on any atom is 0.0670 e. The molecule has 6 heteroatoms. The summed E-state index contributed by atoms with van der Waals surface area (Å²) in [5, 5.41) is 2.25. The lowest BCUT2D eigenvalue weighted by molar-refractivity contribution is 0.205. The van der Waals surface area contributed by atoms with Gasteiger partial charge >= 0.3 is 0 Å².